The summed E-state index contributed by atoms with van der Waals surface area (Å²) in [5.41, 5.74) is 1.76. The third-order valence-corrected chi connectivity index (χ3v) is 8.07. The van der Waals surface area contributed by atoms with Gasteiger partial charge in [-0.2, -0.15) is 0 Å². The van der Waals surface area contributed by atoms with Crippen LogP contribution in [-0.2, 0) is 19.4 Å². The number of amides is 3. The van der Waals surface area contributed by atoms with Crippen LogP contribution in [-0.4, -0.2) is 73.1 Å². The number of sulfone groups is 1. The second-order valence-electron chi connectivity index (χ2n) is 8.49. The Morgan fingerprint density at radius 1 is 1.17 bits per heavy atom. The fourth-order valence-corrected chi connectivity index (χ4v) is 6.38. The fraction of sp³-hybridized carbons (Fsp3) is 0.571. The molecule has 162 valence electrons. The van der Waals surface area contributed by atoms with E-state index in [9.17, 15) is 22.8 Å². The van der Waals surface area contributed by atoms with E-state index in [-0.39, 0.29) is 48.2 Å². The lowest BCUT2D eigenvalue weighted by Gasteiger charge is -2.23. The third kappa shape index (κ3) is 4.08. The van der Waals surface area contributed by atoms with E-state index in [4.69, 9.17) is 0 Å². The smallest absolute Gasteiger partial charge is 0.256 e. The maximum Gasteiger partial charge on any atom is 0.256 e. The number of anilines is 1. The number of aryl methyl sites for hydroxylation is 1. The highest BCUT2D eigenvalue weighted by molar-refractivity contribution is 7.91. The summed E-state index contributed by atoms with van der Waals surface area (Å²) in [4.78, 5) is 41.7. The first-order valence-electron chi connectivity index (χ1n) is 10.4. The summed E-state index contributed by atoms with van der Waals surface area (Å²) in [5, 5.41) is 2.86. The molecule has 0 aromatic heterocycles. The molecule has 1 aromatic carbocycles. The van der Waals surface area contributed by atoms with Crippen LogP contribution in [0.5, 0.6) is 0 Å². The molecule has 0 unspecified atom stereocenters. The zero-order valence-corrected chi connectivity index (χ0v) is 17.9. The van der Waals surface area contributed by atoms with Crippen LogP contribution >= 0.6 is 0 Å². The van der Waals surface area contributed by atoms with Crippen molar-refractivity contribution in [2.75, 3.05) is 36.5 Å². The van der Waals surface area contributed by atoms with Crippen molar-refractivity contribution in [3.8, 4) is 0 Å². The Labute approximate surface area is 176 Å². The molecule has 8 nitrogen and oxygen atoms in total. The van der Waals surface area contributed by atoms with Gasteiger partial charge in [0.25, 0.3) is 5.91 Å². The quantitative estimate of drug-likeness (QED) is 0.769. The third-order valence-electron chi connectivity index (χ3n) is 6.32. The standard InChI is InChI=1S/C21H27N3O5S/c1-14-5-4-6-17(19(14)21(27)23-8-2-3-9-23)22-20(26)15-11-18(25)24(12-15)16-7-10-30(28,29)13-16/h4-6,15-16H,2-3,7-13H2,1H3,(H,22,26)/t15-,16+/m1/s1. The summed E-state index contributed by atoms with van der Waals surface area (Å²) in [7, 11) is -3.11. The highest BCUT2D eigenvalue weighted by Crippen LogP contribution is 2.29. The number of carbonyl (C=O) groups excluding carboxylic acids is 3. The van der Waals surface area contributed by atoms with Gasteiger partial charge in [-0.1, -0.05) is 12.1 Å². The first-order chi connectivity index (χ1) is 14.2. The van der Waals surface area contributed by atoms with Gasteiger partial charge in [-0.3, -0.25) is 14.4 Å². The average Bonchev–Trinajstić information content (AvgIpc) is 3.41. The van der Waals surface area contributed by atoms with E-state index in [0.717, 1.165) is 31.5 Å². The number of carbonyl (C=O) groups is 3. The predicted molar refractivity (Wildman–Crippen MR) is 112 cm³/mol. The minimum absolute atomic E-state index is 0.0283. The molecule has 0 radical (unpaired) electrons. The van der Waals surface area contributed by atoms with Crippen molar-refractivity contribution in [3.05, 3.63) is 29.3 Å². The Morgan fingerprint density at radius 3 is 2.57 bits per heavy atom. The van der Waals surface area contributed by atoms with E-state index < -0.39 is 15.8 Å². The zero-order chi connectivity index (χ0) is 21.5. The molecular weight excluding hydrogens is 406 g/mol. The van der Waals surface area contributed by atoms with Crippen molar-refractivity contribution in [2.24, 2.45) is 5.92 Å². The molecule has 0 bridgehead atoms. The molecule has 3 heterocycles. The molecule has 3 fully saturated rings. The number of rotatable bonds is 4. The summed E-state index contributed by atoms with van der Waals surface area (Å²) in [6.07, 6.45) is 2.45. The van der Waals surface area contributed by atoms with Gasteiger partial charge in [-0.05, 0) is 37.8 Å². The molecule has 1 N–H and O–H groups in total. The molecule has 4 rings (SSSR count). The number of hydrogen-bond donors (Lipinski definition) is 1. The van der Waals surface area contributed by atoms with Crippen LogP contribution in [0.4, 0.5) is 5.69 Å². The Balaban J connectivity index is 1.47. The Morgan fingerprint density at radius 2 is 1.90 bits per heavy atom. The zero-order valence-electron chi connectivity index (χ0n) is 17.1. The molecule has 9 heteroatoms. The molecular formula is C21H27N3O5S. The van der Waals surface area contributed by atoms with Crippen LogP contribution in [0.15, 0.2) is 18.2 Å². The van der Waals surface area contributed by atoms with Crippen LogP contribution in [0, 0.1) is 12.8 Å². The maximum absolute atomic E-state index is 13.0. The average molecular weight is 434 g/mol. The van der Waals surface area contributed by atoms with Crippen LogP contribution in [0.2, 0.25) is 0 Å². The molecule has 3 saturated heterocycles. The lowest BCUT2D eigenvalue weighted by Crippen LogP contribution is -2.38. The summed E-state index contributed by atoms with van der Waals surface area (Å²) in [6.45, 7) is 3.50. The Bertz CT molecular complexity index is 984. The molecule has 3 amide bonds. The minimum Gasteiger partial charge on any atom is -0.339 e. The molecule has 3 aliphatic heterocycles. The predicted octanol–water partition coefficient (Wildman–Crippen LogP) is 1.21. The van der Waals surface area contributed by atoms with Crippen LogP contribution in [0.25, 0.3) is 0 Å². The van der Waals surface area contributed by atoms with Gasteiger partial charge in [-0.25, -0.2) is 8.42 Å². The van der Waals surface area contributed by atoms with Crippen molar-refractivity contribution >= 4 is 33.2 Å². The number of benzene rings is 1. The molecule has 3 aliphatic rings. The van der Waals surface area contributed by atoms with Gasteiger partial charge in [-0.15, -0.1) is 0 Å². The lowest BCUT2D eigenvalue weighted by molar-refractivity contribution is -0.129. The largest absolute Gasteiger partial charge is 0.339 e. The molecule has 0 spiro atoms. The molecule has 1 aromatic rings. The SMILES string of the molecule is Cc1cccc(NC(=O)[C@@H]2CC(=O)N([C@H]3CCS(=O)(=O)C3)C2)c1C(=O)N1CCCC1. The van der Waals surface area contributed by atoms with E-state index in [2.05, 4.69) is 5.32 Å². The highest BCUT2D eigenvalue weighted by Gasteiger charge is 2.42. The second-order valence-corrected chi connectivity index (χ2v) is 10.7. The topological polar surface area (TPSA) is 104 Å². The number of hydrogen-bond acceptors (Lipinski definition) is 5. The number of nitrogens with one attached hydrogen (secondary N) is 1. The van der Waals surface area contributed by atoms with E-state index >= 15 is 0 Å². The van der Waals surface area contributed by atoms with Crippen molar-refractivity contribution in [3.63, 3.8) is 0 Å². The second kappa shape index (κ2) is 8.02. The van der Waals surface area contributed by atoms with Crippen LogP contribution < -0.4 is 5.32 Å². The van der Waals surface area contributed by atoms with Crippen LogP contribution in [0.1, 0.15) is 41.6 Å². The lowest BCUT2D eigenvalue weighted by atomic mass is 10.0. The minimum atomic E-state index is -3.11. The van der Waals surface area contributed by atoms with Gasteiger partial charge in [0, 0.05) is 32.1 Å². The maximum atomic E-state index is 13.0. The summed E-state index contributed by atoms with van der Waals surface area (Å²) in [5.74, 6) is -1.08. The fourth-order valence-electron chi connectivity index (χ4n) is 4.65. The van der Waals surface area contributed by atoms with Gasteiger partial charge in [0.05, 0.1) is 28.7 Å². The normalized spacial score (nSPS) is 25.7. The number of nitrogens with zero attached hydrogens (tertiary/aromatic N) is 2. The summed E-state index contributed by atoms with van der Waals surface area (Å²) in [6, 6.07) is 5.01. The molecule has 2 atom stereocenters. The molecule has 0 saturated carbocycles. The first kappa shape index (κ1) is 20.8. The number of likely N-dealkylation sites (tertiary alicyclic amines) is 2. The van der Waals surface area contributed by atoms with E-state index in [1.807, 2.05) is 13.0 Å². The highest BCUT2D eigenvalue weighted by atomic mass is 32.2. The van der Waals surface area contributed by atoms with Crippen molar-refractivity contribution in [2.45, 2.75) is 38.6 Å². The Hall–Kier alpha value is -2.42. The summed E-state index contributed by atoms with van der Waals surface area (Å²) < 4.78 is 23.5. The van der Waals surface area contributed by atoms with Gasteiger partial charge in [0.1, 0.15) is 0 Å². The van der Waals surface area contributed by atoms with Gasteiger partial charge in [0.2, 0.25) is 11.8 Å². The van der Waals surface area contributed by atoms with Crippen molar-refractivity contribution in [1.29, 1.82) is 0 Å². The van der Waals surface area contributed by atoms with Gasteiger partial charge in [0.15, 0.2) is 9.84 Å². The van der Waals surface area contributed by atoms with Gasteiger partial charge < -0.3 is 15.1 Å². The van der Waals surface area contributed by atoms with Crippen LogP contribution in [0.3, 0.4) is 0 Å². The monoisotopic (exact) mass is 433 g/mol. The van der Waals surface area contributed by atoms with E-state index in [0.29, 0.717) is 17.7 Å². The van der Waals surface area contributed by atoms with Crippen molar-refractivity contribution in [1.82, 2.24) is 9.80 Å². The summed E-state index contributed by atoms with van der Waals surface area (Å²) >= 11 is 0. The van der Waals surface area contributed by atoms with E-state index in [1.165, 1.54) is 0 Å². The molecule has 30 heavy (non-hydrogen) atoms. The van der Waals surface area contributed by atoms with Gasteiger partial charge >= 0.3 is 0 Å². The Kier molecular flexibility index (Phi) is 5.57. The molecule has 0 aliphatic carbocycles. The van der Waals surface area contributed by atoms with Crippen molar-refractivity contribution < 1.29 is 22.8 Å². The van der Waals surface area contributed by atoms with E-state index in [1.54, 1.807) is 21.9 Å². The first-order valence-corrected chi connectivity index (χ1v) is 12.3.